The fourth-order valence-electron chi connectivity index (χ4n) is 8.08. The Morgan fingerprint density at radius 2 is 0.640 bits per heavy atom. The van der Waals surface area contributed by atoms with Crippen LogP contribution in [-0.4, -0.2) is 0 Å². The summed E-state index contributed by atoms with van der Waals surface area (Å²) in [5, 5.41) is 12.6. The number of fused-ring (bicyclic) bond motifs is 5. The van der Waals surface area contributed by atoms with Crippen molar-refractivity contribution >= 4 is 53.9 Å². The van der Waals surface area contributed by atoms with E-state index in [0.717, 1.165) is 0 Å². The Kier molecular flexibility index (Phi) is 6.60. The van der Waals surface area contributed by atoms with Crippen molar-refractivity contribution in [1.29, 1.82) is 0 Å². The van der Waals surface area contributed by atoms with Gasteiger partial charge in [-0.2, -0.15) is 0 Å². The molecule has 0 aliphatic rings. The van der Waals surface area contributed by atoms with E-state index in [4.69, 9.17) is 0 Å². The lowest BCUT2D eigenvalue weighted by Gasteiger charge is -2.19. The normalized spacial score (nSPS) is 11.6. The average molecular weight is 633 g/mol. The van der Waals surface area contributed by atoms with Crippen molar-refractivity contribution in [2.75, 3.05) is 0 Å². The molecule has 0 radical (unpaired) electrons. The van der Waals surface area contributed by atoms with Gasteiger partial charge in [0.15, 0.2) is 0 Å². The maximum atomic E-state index is 2.43. The van der Waals surface area contributed by atoms with Gasteiger partial charge in [0.05, 0.1) is 0 Å². The molecule has 0 aliphatic heterocycles. The zero-order chi connectivity index (χ0) is 33.0. The molecule has 50 heavy (non-hydrogen) atoms. The summed E-state index contributed by atoms with van der Waals surface area (Å²) in [6.45, 7) is 0. The minimum Gasteiger partial charge on any atom is -0.0616 e. The van der Waals surface area contributed by atoms with Crippen LogP contribution in [0.3, 0.4) is 0 Å². The van der Waals surface area contributed by atoms with Crippen molar-refractivity contribution in [3.8, 4) is 44.5 Å². The molecule has 232 valence electrons. The third-order valence-corrected chi connectivity index (χ3v) is 10.4. The lowest BCUT2D eigenvalue weighted by atomic mass is 9.84. The maximum Gasteiger partial charge on any atom is -0.00261 e. The van der Waals surface area contributed by atoms with Crippen LogP contribution in [0.25, 0.3) is 98.4 Å². The minimum absolute atomic E-state index is 1.22. The van der Waals surface area contributed by atoms with Crippen LogP contribution in [-0.2, 0) is 0 Å². The van der Waals surface area contributed by atoms with Crippen molar-refractivity contribution in [2.45, 2.75) is 0 Å². The van der Waals surface area contributed by atoms with Gasteiger partial charge >= 0.3 is 0 Å². The summed E-state index contributed by atoms with van der Waals surface area (Å²) in [7, 11) is 0. The van der Waals surface area contributed by atoms with Gasteiger partial charge in [-0.15, -0.1) is 0 Å². The van der Waals surface area contributed by atoms with Crippen molar-refractivity contribution in [1.82, 2.24) is 0 Å². The Morgan fingerprint density at radius 1 is 0.200 bits per heavy atom. The molecule has 0 heterocycles. The molecule has 0 N–H and O–H groups in total. The van der Waals surface area contributed by atoms with Gasteiger partial charge in [-0.25, -0.2) is 0 Å². The van der Waals surface area contributed by atoms with E-state index in [1.165, 1.54) is 98.4 Å². The Hall–Kier alpha value is -6.50. The third kappa shape index (κ3) is 4.61. The second-order valence-corrected chi connectivity index (χ2v) is 13.2. The van der Waals surface area contributed by atoms with Gasteiger partial charge in [0, 0.05) is 0 Å². The molecule has 0 bridgehead atoms. The van der Waals surface area contributed by atoms with E-state index in [1.807, 2.05) is 0 Å². The predicted octanol–water partition coefficient (Wildman–Crippen LogP) is 14.1. The van der Waals surface area contributed by atoms with E-state index < -0.39 is 0 Å². The van der Waals surface area contributed by atoms with Crippen LogP contribution in [0.4, 0.5) is 0 Å². The van der Waals surface area contributed by atoms with Crippen LogP contribution in [0.15, 0.2) is 194 Å². The predicted molar refractivity (Wildman–Crippen MR) is 216 cm³/mol. The highest BCUT2D eigenvalue weighted by Crippen LogP contribution is 2.46. The zero-order valence-corrected chi connectivity index (χ0v) is 27.5. The molecule has 0 nitrogen and oxygen atoms in total. The average Bonchev–Trinajstić information content (AvgIpc) is 3.19. The molecule has 0 saturated carbocycles. The highest BCUT2D eigenvalue weighted by molar-refractivity contribution is 6.22. The second kappa shape index (κ2) is 11.6. The molecule has 0 amide bonds. The van der Waals surface area contributed by atoms with E-state index >= 15 is 0 Å². The summed E-state index contributed by atoms with van der Waals surface area (Å²) in [4.78, 5) is 0. The summed E-state index contributed by atoms with van der Waals surface area (Å²) in [6.07, 6.45) is 0. The van der Waals surface area contributed by atoms with Crippen LogP contribution in [0.1, 0.15) is 0 Å². The minimum atomic E-state index is 1.22. The number of hydrogen-bond donors (Lipinski definition) is 0. The summed E-state index contributed by atoms with van der Waals surface area (Å²) in [5.74, 6) is 0. The van der Waals surface area contributed by atoms with E-state index in [2.05, 4.69) is 194 Å². The van der Waals surface area contributed by atoms with Gasteiger partial charge in [0.25, 0.3) is 0 Å². The van der Waals surface area contributed by atoms with Crippen molar-refractivity contribution < 1.29 is 0 Å². The van der Waals surface area contributed by atoms with E-state index in [0.29, 0.717) is 0 Å². The fourth-order valence-corrected chi connectivity index (χ4v) is 8.08. The smallest absolute Gasteiger partial charge is 0.00261 e. The van der Waals surface area contributed by atoms with Crippen molar-refractivity contribution in [2.24, 2.45) is 0 Å². The zero-order valence-electron chi connectivity index (χ0n) is 27.5. The maximum absolute atomic E-state index is 2.43. The summed E-state index contributed by atoms with van der Waals surface area (Å²) in [6, 6.07) is 71.4. The molecule has 0 spiro atoms. The molecule has 0 saturated heterocycles. The van der Waals surface area contributed by atoms with Gasteiger partial charge in [0.1, 0.15) is 0 Å². The molecule has 0 unspecified atom stereocenters. The first-order valence-electron chi connectivity index (χ1n) is 17.3. The van der Waals surface area contributed by atoms with Crippen LogP contribution in [0.2, 0.25) is 0 Å². The van der Waals surface area contributed by atoms with Crippen LogP contribution >= 0.6 is 0 Å². The molecule has 10 aromatic rings. The van der Waals surface area contributed by atoms with Crippen molar-refractivity contribution in [3.63, 3.8) is 0 Å². The van der Waals surface area contributed by atoms with Crippen LogP contribution in [0.5, 0.6) is 0 Å². The Morgan fingerprint density at radius 3 is 1.30 bits per heavy atom. The lowest BCUT2D eigenvalue weighted by Crippen LogP contribution is -1.92. The molecular formula is C50H32. The van der Waals surface area contributed by atoms with E-state index in [1.54, 1.807) is 0 Å². The molecular weight excluding hydrogens is 601 g/mol. The molecule has 10 aromatic carbocycles. The summed E-state index contributed by atoms with van der Waals surface area (Å²) in [5.41, 5.74) is 9.97. The van der Waals surface area contributed by atoms with Gasteiger partial charge in [-0.1, -0.05) is 182 Å². The number of benzene rings is 10. The van der Waals surface area contributed by atoms with Crippen LogP contribution in [0, 0.1) is 0 Å². The lowest BCUT2D eigenvalue weighted by molar-refractivity contribution is 1.63. The van der Waals surface area contributed by atoms with Gasteiger partial charge in [-0.3, -0.25) is 0 Å². The quantitative estimate of drug-likeness (QED) is 0.169. The first kappa shape index (κ1) is 28.5. The standard InChI is InChI=1S/C50H32/c1-2-14-38-31-40(28-23-33(38)11-1)50-46-20-8-7-19-45(46)49(37-26-24-36(25-27-37)43-21-9-15-34-12-3-5-17-41(34)43)48-32-39(29-30-47(48)50)44-22-10-16-35-13-4-6-18-42(35)44/h1-32H. The van der Waals surface area contributed by atoms with Gasteiger partial charge in [0.2, 0.25) is 0 Å². The molecule has 10 rings (SSSR count). The molecule has 0 fully saturated rings. The second-order valence-electron chi connectivity index (χ2n) is 13.2. The molecule has 0 aromatic heterocycles. The Labute approximate surface area is 291 Å². The first-order chi connectivity index (χ1) is 24.8. The monoisotopic (exact) mass is 632 g/mol. The largest absolute Gasteiger partial charge is 0.0616 e. The Balaban J connectivity index is 1.26. The van der Waals surface area contributed by atoms with E-state index in [9.17, 15) is 0 Å². The molecule has 0 heteroatoms. The van der Waals surface area contributed by atoms with Crippen LogP contribution < -0.4 is 0 Å². The highest BCUT2D eigenvalue weighted by Gasteiger charge is 2.18. The van der Waals surface area contributed by atoms with E-state index in [-0.39, 0.29) is 0 Å². The van der Waals surface area contributed by atoms with Gasteiger partial charge in [-0.05, 0) is 111 Å². The first-order valence-corrected chi connectivity index (χ1v) is 17.3. The third-order valence-electron chi connectivity index (χ3n) is 10.4. The topological polar surface area (TPSA) is 0 Å². The SMILES string of the molecule is c1ccc2cc(-c3c4ccccc4c(-c4ccc(-c5cccc6ccccc56)cc4)c4cc(-c5cccc6ccccc56)ccc34)ccc2c1. The van der Waals surface area contributed by atoms with Crippen molar-refractivity contribution in [3.05, 3.63) is 194 Å². The Bertz CT molecular complexity index is 2900. The summed E-state index contributed by atoms with van der Waals surface area (Å²) < 4.78 is 0. The molecule has 0 aliphatic carbocycles. The number of hydrogen-bond acceptors (Lipinski definition) is 0. The molecule has 0 atom stereocenters. The van der Waals surface area contributed by atoms with Gasteiger partial charge < -0.3 is 0 Å². The highest BCUT2D eigenvalue weighted by atomic mass is 14.2. The summed E-state index contributed by atoms with van der Waals surface area (Å²) >= 11 is 0. The number of rotatable bonds is 4. The fraction of sp³-hybridized carbons (Fsp3) is 0.